The highest BCUT2D eigenvalue weighted by molar-refractivity contribution is 6.35. The van der Waals surface area contributed by atoms with E-state index in [1.807, 2.05) is 6.92 Å². The fourth-order valence-corrected chi connectivity index (χ4v) is 2.62. The van der Waals surface area contributed by atoms with Crippen LogP contribution in [0.25, 0.3) is 6.08 Å². The monoisotopic (exact) mass is 313 g/mol. The molecule has 0 spiro atoms. The van der Waals surface area contributed by atoms with Gasteiger partial charge in [-0.05, 0) is 36.1 Å². The molecule has 1 fully saturated rings. The van der Waals surface area contributed by atoms with Crippen molar-refractivity contribution in [2.45, 2.75) is 19.4 Å². The van der Waals surface area contributed by atoms with Crippen LogP contribution in [-0.2, 0) is 4.79 Å². The van der Waals surface area contributed by atoms with Gasteiger partial charge in [0.2, 0.25) is 5.91 Å². The summed E-state index contributed by atoms with van der Waals surface area (Å²) in [5.74, 6) is 0.135. The second-order valence-corrected chi connectivity index (χ2v) is 5.96. The Hall–Kier alpha value is -1.03. The highest BCUT2D eigenvalue weighted by Crippen LogP contribution is 2.22. The summed E-state index contributed by atoms with van der Waals surface area (Å²) in [6.07, 6.45) is 3.53. The lowest BCUT2D eigenvalue weighted by atomic mass is 9.96. The zero-order valence-electron chi connectivity index (χ0n) is 11.2. The zero-order chi connectivity index (χ0) is 14.7. The number of rotatable bonds is 2. The smallest absolute Gasteiger partial charge is 0.246 e. The van der Waals surface area contributed by atoms with Crippen LogP contribution in [0.15, 0.2) is 24.3 Å². The maximum Gasteiger partial charge on any atom is 0.246 e. The maximum atomic E-state index is 12.1. The Bertz CT molecular complexity index is 531. The quantitative estimate of drug-likeness (QED) is 0.852. The van der Waals surface area contributed by atoms with Gasteiger partial charge in [-0.3, -0.25) is 4.79 Å². The fraction of sp³-hybridized carbons (Fsp3) is 0.400. The minimum Gasteiger partial charge on any atom is -0.391 e. The molecule has 1 aromatic rings. The number of nitrogens with zero attached hydrogens (tertiary/aromatic N) is 1. The summed E-state index contributed by atoms with van der Waals surface area (Å²) < 4.78 is 0. The van der Waals surface area contributed by atoms with E-state index in [9.17, 15) is 9.90 Å². The van der Waals surface area contributed by atoms with Gasteiger partial charge >= 0.3 is 0 Å². The van der Waals surface area contributed by atoms with Crippen LogP contribution in [-0.4, -0.2) is 35.1 Å². The van der Waals surface area contributed by atoms with Crippen molar-refractivity contribution >= 4 is 35.2 Å². The molecule has 1 N–H and O–H groups in total. The number of aliphatic hydroxyl groups excluding tert-OH is 1. The molecule has 0 radical (unpaired) electrons. The Morgan fingerprint density at radius 2 is 2.20 bits per heavy atom. The van der Waals surface area contributed by atoms with Crippen LogP contribution in [0.2, 0.25) is 10.0 Å². The van der Waals surface area contributed by atoms with Gasteiger partial charge in [-0.15, -0.1) is 0 Å². The van der Waals surface area contributed by atoms with Gasteiger partial charge in [0, 0.05) is 29.2 Å². The molecule has 1 aliphatic rings. The fourth-order valence-electron chi connectivity index (χ4n) is 2.15. The molecule has 0 bridgehead atoms. The van der Waals surface area contributed by atoms with Crippen molar-refractivity contribution in [3.63, 3.8) is 0 Å². The number of carbonyl (C=O) groups is 1. The van der Waals surface area contributed by atoms with E-state index in [0.29, 0.717) is 23.1 Å². The highest BCUT2D eigenvalue weighted by atomic mass is 35.5. The lowest BCUT2D eigenvalue weighted by Crippen LogP contribution is -2.45. The van der Waals surface area contributed by atoms with Crippen LogP contribution in [0.3, 0.4) is 0 Å². The number of carbonyl (C=O) groups excluding carboxylic acids is 1. The minimum absolute atomic E-state index is 0.109. The van der Waals surface area contributed by atoms with Gasteiger partial charge in [0.1, 0.15) is 0 Å². The lowest BCUT2D eigenvalue weighted by Gasteiger charge is -2.33. The SMILES string of the molecule is CC1CCN(C(=O)/C=C/c2ccc(Cl)cc2Cl)CC1O. The predicted molar refractivity (Wildman–Crippen MR) is 81.9 cm³/mol. The standard InChI is InChI=1S/C15H17Cl2NO2/c1-10-6-7-18(9-14(10)19)15(20)5-3-11-2-4-12(16)8-13(11)17/h2-5,8,10,14,19H,6-7,9H2,1H3/b5-3+. The molecule has 3 nitrogen and oxygen atoms in total. The van der Waals surface area contributed by atoms with Crippen molar-refractivity contribution in [3.05, 3.63) is 39.9 Å². The molecular formula is C15H17Cl2NO2. The van der Waals surface area contributed by atoms with E-state index in [-0.39, 0.29) is 11.8 Å². The number of aliphatic hydroxyl groups is 1. The third-order valence-corrected chi connectivity index (χ3v) is 4.16. The Morgan fingerprint density at radius 3 is 2.85 bits per heavy atom. The summed E-state index contributed by atoms with van der Waals surface area (Å²) in [5, 5.41) is 10.9. The Kier molecular flexibility index (Phi) is 5.08. The Balaban J connectivity index is 2.02. The number of likely N-dealkylation sites (tertiary alicyclic amines) is 1. The van der Waals surface area contributed by atoms with Gasteiger partial charge in [0.25, 0.3) is 0 Å². The van der Waals surface area contributed by atoms with E-state index >= 15 is 0 Å². The summed E-state index contributed by atoms with van der Waals surface area (Å²) in [7, 11) is 0. The molecule has 2 unspecified atom stereocenters. The second kappa shape index (κ2) is 6.61. The van der Waals surface area contributed by atoms with Crippen molar-refractivity contribution in [1.82, 2.24) is 4.90 Å². The van der Waals surface area contributed by atoms with Gasteiger partial charge in [-0.2, -0.15) is 0 Å². The van der Waals surface area contributed by atoms with Crippen molar-refractivity contribution in [1.29, 1.82) is 0 Å². The van der Waals surface area contributed by atoms with Crippen LogP contribution in [0.5, 0.6) is 0 Å². The largest absolute Gasteiger partial charge is 0.391 e. The molecule has 0 aliphatic carbocycles. The van der Waals surface area contributed by atoms with Crippen LogP contribution in [0.1, 0.15) is 18.9 Å². The van der Waals surface area contributed by atoms with E-state index < -0.39 is 6.10 Å². The van der Waals surface area contributed by atoms with E-state index in [2.05, 4.69) is 0 Å². The van der Waals surface area contributed by atoms with Gasteiger partial charge in [0.05, 0.1) is 6.10 Å². The molecule has 1 saturated heterocycles. The normalized spacial score (nSPS) is 23.3. The van der Waals surface area contributed by atoms with Gasteiger partial charge < -0.3 is 10.0 Å². The molecule has 108 valence electrons. The van der Waals surface area contributed by atoms with E-state index in [1.54, 1.807) is 29.2 Å². The summed E-state index contributed by atoms with van der Waals surface area (Å²) in [6, 6.07) is 5.13. The van der Waals surface area contributed by atoms with Crippen LogP contribution >= 0.6 is 23.2 Å². The first-order valence-corrected chi connectivity index (χ1v) is 7.33. The molecule has 1 aliphatic heterocycles. The van der Waals surface area contributed by atoms with Crippen molar-refractivity contribution < 1.29 is 9.90 Å². The van der Waals surface area contributed by atoms with E-state index in [1.165, 1.54) is 6.08 Å². The third kappa shape index (κ3) is 3.75. The molecule has 5 heteroatoms. The first kappa shape index (κ1) is 15.4. The number of hydrogen-bond acceptors (Lipinski definition) is 2. The lowest BCUT2D eigenvalue weighted by molar-refractivity contribution is -0.130. The second-order valence-electron chi connectivity index (χ2n) is 5.12. The number of amides is 1. The summed E-state index contributed by atoms with van der Waals surface area (Å²) >= 11 is 11.9. The van der Waals surface area contributed by atoms with Gasteiger partial charge in [-0.25, -0.2) is 0 Å². The topological polar surface area (TPSA) is 40.5 Å². The number of halogens is 2. The molecule has 0 saturated carbocycles. The summed E-state index contributed by atoms with van der Waals surface area (Å²) in [6.45, 7) is 3.06. The average molecular weight is 314 g/mol. The molecule has 0 aromatic heterocycles. The highest BCUT2D eigenvalue weighted by Gasteiger charge is 2.26. The van der Waals surface area contributed by atoms with Crippen molar-refractivity contribution in [2.75, 3.05) is 13.1 Å². The molecular weight excluding hydrogens is 297 g/mol. The first-order valence-electron chi connectivity index (χ1n) is 6.57. The first-order chi connectivity index (χ1) is 9.47. The number of hydrogen-bond donors (Lipinski definition) is 1. The molecule has 20 heavy (non-hydrogen) atoms. The minimum atomic E-state index is -0.444. The Labute approximate surface area is 128 Å². The van der Waals surface area contributed by atoms with E-state index in [4.69, 9.17) is 23.2 Å². The Morgan fingerprint density at radius 1 is 1.45 bits per heavy atom. The van der Waals surface area contributed by atoms with Crippen LogP contribution in [0.4, 0.5) is 0 Å². The predicted octanol–water partition coefficient (Wildman–Crippen LogP) is 3.24. The average Bonchev–Trinajstić information content (AvgIpc) is 2.40. The van der Waals surface area contributed by atoms with E-state index in [0.717, 1.165) is 12.0 Å². The summed E-state index contributed by atoms with van der Waals surface area (Å²) in [4.78, 5) is 13.7. The van der Waals surface area contributed by atoms with Gasteiger partial charge in [-0.1, -0.05) is 36.2 Å². The van der Waals surface area contributed by atoms with Crippen LogP contribution in [0, 0.1) is 5.92 Å². The maximum absolute atomic E-state index is 12.1. The molecule has 2 atom stereocenters. The molecule has 1 amide bonds. The van der Waals surface area contributed by atoms with Crippen molar-refractivity contribution in [3.8, 4) is 0 Å². The molecule has 1 aromatic carbocycles. The number of β-amino-alcohol motifs (C(OH)–C–C–N with tert-alkyl or cyclic N) is 1. The summed E-state index contributed by atoms with van der Waals surface area (Å²) in [5.41, 5.74) is 0.746. The number of benzene rings is 1. The van der Waals surface area contributed by atoms with Crippen LogP contribution < -0.4 is 0 Å². The molecule has 1 heterocycles. The van der Waals surface area contributed by atoms with Gasteiger partial charge in [0.15, 0.2) is 0 Å². The molecule has 2 rings (SSSR count). The number of piperidine rings is 1. The third-order valence-electron chi connectivity index (χ3n) is 3.60. The zero-order valence-corrected chi connectivity index (χ0v) is 12.7. The van der Waals surface area contributed by atoms with Crippen molar-refractivity contribution in [2.24, 2.45) is 5.92 Å².